The van der Waals surface area contributed by atoms with Crippen molar-refractivity contribution in [2.45, 2.75) is 50.6 Å². The SMILES string of the molecule is C[C@@H]1CC[C@@H](C)P1[C@H](C)[c-]1cccc1P(c1ccccc1)c1ccccc1. The summed E-state index contributed by atoms with van der Waals surface area (Å²) in [5, 5.41) is 4.49. The summed E-state index contributed by atoms with van der Waals surface area (Å²) in [6, 6.07) is 29.4. The fourth-order valence-electron chi connectivity index (χ4n) is 4.70. The van der Waals surface area contributed by atoms with Gasteiger partial charge < -0.3 is 0 Å². The van der Waals surface area contributed by atoms with Gasteiger partial charge in [-0.25, -0.2) is 12.1 Å². The van der Waals surface area contributed by atoms with Crippen molar-refractivity contribution >= 4 is 31.8 Å². The monoisotopic (exact) mass is 391 g/mol. The zero-order valence-corrected chi connectivity index (χ0v) is 18.3. The lowest BCUT2D eigenvalue weighted by molar-refractivity contribution is 0.777. The minimum atomic E-state index is -0.495. The Kier molecular flexibility index (Phi) is 5.87. The number of benzene rings is 2. The third-order valence-electron chi connectivity index (χ3n) is 6.01. The van der Waals surface area contributed by atoms with Gasteiger partial charge in [0, 0.05) is 0 Å². The second-order valence-corrected chi connectivity index (χ2v) is 13.4. The molecule has 0 unspecified atom stereocenters. The lowest BCUT2D eigenvalue weighted by atomic mass is 10.2. The van der Waals surface area contributed by atoms with Crippen molar-refractivity contribution in [1.82, 2.24) is 0 Å². The normalized spacial score (nSPS) is 21.6. The van der Waals surface area contributed by atoms with E-state index in [4.69, 9.17) is 0 Å². The van der Waals surface area contributed by atoms with E-state index in [1.807, 2.05) is 0 Å². The summed E-state index contributed by atoms with van der Waals surface area (Å²) in [6.07, 6.45) is 2.83. The van der Waals surface area contributed by atoms with Crippen LogP contribution in [-0.4, -0.2) is 11.3 Å². The van der Waals surface area contributed by atoms with Gasteiger partial charge >= 0.3 is 0 Å². The molecule has 2 heteroatoms. The zero-order valence-electron chi connectivity index (χ0n) is 16.5. The molecule has 3 aromatic rings. The van der Waals surface area contributed by atoms with E-state index in [0.717, 1.165) is 11.3 Å². The van der Waals surface area contributed by atoms with Gasteiger partial charge in [0.15, 0.2) is 0 Å². The van der Waals surface area contributed by atoms with Gasteiger partial charge in [0.05, 0.1) is 0 Å². The average Bonchev–Trinajstić information content (AvgIpc) is 3.30. The maximum absolute atomic E-state index is 2.51. The van der Waals surface area contributed by atoms with Gasteiger partial charge in [-0.2, -0.15) is 6.07 Å². The molecule has 1 aliphatic rings. The number of hydrogen-bond acceptors (Lipinski definition) is 0. The van der Waals surface area contributed by atoms with Crippen molar-refractivity contribution < 1.29 is 0 Å². The van der Waals surface area contributed by atoms with Crippen LogP contribution in [0, 0.1) is 0 Å². The highest BCUT2D eigenvalue weighted by atomic mass is 31.1. The molecule has 0 nitrogen and oxygen atoms in total. The highest BCUT2D eigenvalue weighted by Crippen LogP contribution is 2.64. The zero-order chi connectivity index (χ0) is 18.8. The van der Waals surface area contributed by atoms with E-state index < -0.39 is 7.92 Å². The standard InChI is InChI=1S/C25H29P2/c1-19-17-18-20(2)26(19)21(3)24-15-10-16-25(24)27(22-11-6-4-7-12-22)23-13-8-5-9-14-23/h4-16,19-21H,17-18H2,1-3H3/q-1/t19-,20-,21-/m1/s1. The molecule has 0 spiro atoms. The quantitative estimate of drug-likeness (QED) is 0.355. The predicted molar refractivity (Wildman–Crippen MR) is 124 cm³/mol. The largest absolute Gasteiger partial charge is 0.213 e. The van der Waals surface area contributed by atoms with Crippen LogP contribution in [0.5, 0.6) is 0 Å². The van der Waals surface area contributed by atoms with Gasteiger partial charge in [-0.1, -0.05) is 81.4 Å². The van der Waals surface area contributed by atoms with Crippen molar-refractivity contribution in [2.24, 2.45) is 0 Å². The minimum absolute atomic E-state index is 0.0523. The van der Waals surface area contributed by atoms with Gasteiger partial charge in [0.1, 0.15) is 0 Å². The first-order valence-electron chi connectivity index (χ1n) is 10.1. The van der Waals surface area contributed by atoms with Crippen LogP contribution in [0.25, 0.3) is 0 Å². The van der Waals surface area contributed by atoms with Crippen LogP contribution in [0.3, 0.4) is 0 Å². The lowest BCUT2D eigenvalue weighted by Crippen LogP contribution is -2.23. The predicted octanol–water partition coefficient (Wildman–Crippen LogP) is 6.28. The molecule has 1 heterocycles. The van der Waals surface area contributed by atoms with E-state index in [2.05, 4.69) is 99.6 Å². The lowest BCUT2D eigenvalue weighted by Gasteiger charge is -2.34. The van der Waals surface area contributed by atoms with E-state index in [0.29, 0.717) is 5.66 Å². The molecule has 1 saturated heterocycles. The summed E-state index contributed by atoms with van der Waals surface area (Å²) < 4.78 is 0. The molecule has 1 aliphatic heterocycles. The van der Waals surface area contributed by atoms with Gasteiger partial charge in [-0.3, -0.25) is 0 Å². The Balaban J connectivity index is 1.78. The van der Waals surface area contributed by atoms with E-state index >= 15 is 0 Å². The molecule has 1 fully saturated rings. The molecule has 0 amide bonds. The molecule has 3 aromatic carbocycles. The third kappa shape index (κ3) is 3.81. The Labute approximate surface area is 166 Å². The first-order chi connectivity index (χ1) is 13.2. The van der Waals surface area contributed by atoms with E-state index in [1.165, 1.54) is 23.5 Å². The Morgan fingerprint density at radius 3 is 1.85 bits per heavy atom. The Morgan fingerprint density at radius 2 is 1.33 bits per heavy atom. The molecule has 0 aliphatic carbocycles. The number of rotatable bonds is 5. The molecule has 0 saturated carbocycles. The Morgan fingerprint density at radius 1 is 0.815 bits per heavy atom. The van der Waals surface area contributed by atoms with Crippen LogP contribution in [0.1, 0.15) is 44.8 Å². The van der Waals surface area contributed by atoms with Crippen molar-refractivity contribution in [3.8, 4) is 0 Å². The molecule has 0 N–H and O–H groups in total. The maximum Gasteiger partial charge on any atom is -0.0171 e. The summed E-state index contributed by atoms with van der Waals surface area (Å²) >= 11 is 0. The highest BCUT2D eigenvalue weighted by Gasteiger charge is 2.33. The van der Waals surface area contributed by atoms with Gasteiger partial charge in [-0.05, 0) is 48.3 Å². The van der Waals surface area contributed by atoms with E-state index in [-0.39, 0.29) is 7.92 Å². The first-order valence-corrected chi connectivity index (χ1v) is 13.0. The molecule has 0 aromatic heterocycles. The first kappa shape index (κ1) is 19.0. The second kappa shape index (κ2) is 8.34. The van der Waals surface area contributed by atoms with Gasteiger partial charge in [0.2, 0.25) is 0 Å². The number of hydrogen-bond donors (Lipinski definition) is 0. The fourth-order valence-corrected chi connectivity index (χ4v) is 11.2. The maximum atomic E-state index is 2.51. The van der Waals surface area contributed by atoms with Crippen molar-refractivity contribution in [3.63, 3.8) is 0 Å². The minimum Gasteiger partial charge on any atom is -0.213 e. The highest BCUT2D eigenvalue weighted by molar-refractivity contribution is 7.80. The van der Waals surface area contributed by atoms with Gasteiger partial charge in [0.25, 0.3) is 0 Å². The summed E-state index contributed by atoms with van der Waals surface area (Å²) in [7, 11) is -0.442. The summed E-state index contributed by atoms with van der Waals surface area (Å²) in [4.78, 5) is 0. The van der Waals surface area contributed by atoms with Gasteiger partial charge in [-0.15, -0.1) is 18.8 Å². The molecule has 27 heavy (non-hydrogen) atoms. The van der Waals surface area contributed by atoms with Crippen LogP contribution < -0.4 is 15.9 Å². The summed E-state index contributed by atoms with van der Waals surface area (Å²) in [5.74, 6) is 0. The fraction of sp³-hybridized carbons (Fsp3) is 0.320. The van der Waals surface area contributed by atoms with Crippen LogP contribution in [0.15, 0.2) is 78.9 Å². The molecule has 0 bridgehead atoms. The third-order valence-corrected chi connectivity index (χ3v) is 12.3. The molecule has 4 rings (SSSR count). The molecular formula is C25H29P2-. The average molecular weight is 391 g/mol. The van der Waals surface area contributed by atoms with Crippen LogP contribution in [0.4, 0.5) is 0 Å². The second-order valence-electron chi connectivity index (χ2n) is 7.77. The smallest absolute Gasteiger partial charge is 0.0171 e. The molecule has 3 atom stereocenters. The van der Waals surface area contributed by atoms with E-state index in [9.17, 15) is 0 Å². The van der Waals surface area contributed by atoms with Crippen LogP contribution >= 0.6 is 15.8 Å². The summed E-state index contributed by atoms with van der Waals surface area (Å²) in [6.45, 7) is 7.49. The van der Waals surface area contributed by atoms with E-state index in [1.54, 1.807) is 10.9 Å². The van der Waals surface area contributed by atoms with Crippen molar-refractivity contribution in [3.05, 3.63) is 84.4 Å². The van der Waals surface area contributed by atoms with Crippen molar-refractivity contribution in [1.29, 1.82) is 0 Å². The van der Waals surface area contributed by atoms with Crippen LogP contribution in [0.2, 0.25) is 0 Å². The van der Waals surface area contributed by atoms with Crippen molar-refractivity contribution in [2.75, 3.05) is 0 Å². The Bertz CT molecular complexity index is 803. The topological polar surface area (TPSA) is 0 Å². The molecular weight excluding hydrogens is 362 g/mol. The molecule has 140 valence electrons. The molecule has 0 radical (unpaired) electrons. The Hall–Kier alpha value is -1.35. The summed E-state index contributed by atoms with van der Waals surface area (Å²) in [5.41, 5.74) is 4.09. The van der Waals surface area contributed by atoms with Crippen LogP contribution in [-0.2, 0) is 0 Å².